The van der Waals surface area contributed by atoms with Crippen LogP contribution in [0.4, 0.5) is 0 Å². The van der Waals surface area contributed by atoms with Crippen molar-refractivity contribution in [2.75, 3.05) is 37.7 Å². The zero-order chi connectivity index (χ0) is 13.8. The number of thioether (sulfide) groups is 1. The summed E-state index contributed by atoms with van der Waals surface area (Å²) in [6.45, 7) is 8.36. The van der Waals surface area contributed by atoms with Gasteiger partial charge in [0.25, 0.3) is 0 Å². The van der Waals surface area contributed by atoms with Crippen molar-refractivity contribution in [3.05, 3.63) is 0 Å². The lowest BCUT2D eigenvalue weighted by Gasteiger charge is -2.45. The van der Waals surface area contributed by atoms with Gasteiger partial charge in [-0.3, -0.25) is 4.79 Å². The minimum Gasteiger partial charge on any atom is -0.317 e. The summed E-state index contributed by atoms with van der Waals surface area (Å²) in [6.07, 6.45) is 4.93. The number of hydrogen-bond donors (Lipinski definition) is 2. The summed E-state index contributed by atoms with van der Waals surface area (Å²) in [5, 5.41) is 6.60. The fraction of sp³-hybridized carbons (Fsp3) is 0.933. The number of piperidine rings is 1. The second-order valence-corrected chi connectivity index (χ2v) is 7.81. The molecule has 4 heteroatoms. The average molecular weight is 284 g/mol. The van der Waals surface area contributed by atoms with Gasteiger partial charge in [0.15, 0.2) is 0 Å². The highest BCUT2D eigenvalue weighted by Crippen LogP contribution is 2.37. The Morgan fingerprint density at radius 1 is 1.00 bits per heavy atom. The van der Waals surface area contributed by atoms with Crippen LogP contribution < -0.4 is 10.6 Å². The van der Waals surface area contributed by atoms with Crippen LogP contribution in [0.15, 0.2) is 0 Å². The minimum absolute atomic E-state index is 0.0226. The Kier molecular flexibility index (Phi) is 5.32. The molecule has 3 nitrogen and oxygen atoms in total. The molecule has 3 fully saturated rings. The summed E-state index contributed by atoms with van der Waals surface area (Å²) < 4.78 is 0. The molecule has 0 aliphatic carbocycles. The number of rotatable bonds is 1. The van der Waals surface area contributed by atoms with Crippen LogP contribution in [0.2, 0.25) is 0 Å². The van der Waals surface area contributed by atoms with Crippen LogP contribution in [0.1, 0.15) is 39.5 Å². The Hall–Kier alpha value is -0.0600. The van der Waals surface area contributed by atoms with E-state index in [0.29, 0.717) is 5.78 Å². The van der Waals surface area contributed by atoms with Crippen molar-refractivity contribution in [2.24, 2.45) is 10.8 Å². The van der Waals surface area contributed by atoms with E-state index in [1.54, 1.807) is 6.92 Å². The van der Waals surface area contributed by atoms with Crippen molar-refractivity contribution in [1.29, 1.82) is 0 Å². The first-order chi connectivity index (χ1) is 9.06. The van der Waals surface area contributed by atoms with Gasteiger partial charge < -0.3 is 10.6 Å². The molecule has 3 rings (SSSR count). The van der Waals surface area contributed by atoms with Gasteiger partial charge in [-0.25, -0.2) is 0 Å². The summed E-state index contributed by atoms with van der Waals surface area (Å²) in [4.78, 5) is 11.1. The van der Waals surface area contributed by atoms with Gasteiger partial charge in [0.2, 0.25) is 0 Å². The first-order valence-electron chi connectivity index (χ1n) is 7.57. The van der Waals surface area contributed by atoms with E-state index in [-0.39, 0.29) is 5.41 Å². The Bertz CT molecular complexity index is 301. The smallest absolute Gasteiger partial charge is 0.135 e. The zero-order valence-electron chi connectivity index (χ0n) is 12.4. The molecule has 0 radical (unpaired) electrons. The van der Waals surface area contributed by atoms with Gasteiger partial charge in [-0.2, -0.15) is 11.8 Å². The molecule has 0 atom stereocenters. The van der Waals surface area contributed by atoms with E-state index >= 15 is 0 Å². The van der Waals surface area contributed by atoms with Crippen LogP contribution in [0.3, 0.4) is 0 Å². The maximum Gasteiger partial charge on any atom is 0.135 e. The van der Waals surface area contributed by atoms with E-state index in [1.165, 1.54) is 37.4 Å². The maximum absolute atomic E-state index is 11.1. The van der Waals surface area contributed by atoms with Crippen molar-refractivity contribution in [1.82, 2.24) is 10.6 Å². The average Bonchev–Trinajstić information content (AvgIpc) is 2.39. The maximum atomic E-state index is 11.1. The number of nitrogens with one attached hydrogen (secondary N) is 2. The molecule has 1 spiro atoms. The molecule has 0 unspecified atom stereocenters. The van der Waals surface area contributed by atoms with Crippen molar-refractivity contribution < 1.29 is 4.79 Å². The van der Waals surface area contributed by atoms with Crippen LogP contribution >= 0.6 is 11.8 Å². The van der Waals surface area contributed by atoms with Gasteiger partial charge in [0, 0.05) is 18.5 Å². The van der Waals surface area contributed by atoms with E-state index in [1.807, 2.05) is 0 Å². The largest absolute Gasteiger partial charge is 0.317 e. The molecule has 2 N–H and O–H groups in total. The molecule has 0 aromatic carbocycles. The lowest BCUT2D eigenvalue weighted by atomic mass is 9.77. The van der Waals surface area contributed by atoms with Crippen molar-refractivity contribution >= 4 is 17.5 Å². The second-order valence-electron chi connectivity index (χ2n) is 6.58. The molecule has 19 heavy (non-hydrogen) atoms. The summed E-state index contributed by atoms with van der Waals surface area (Å²) >= 11 is 2.12. The number of ketones is 1. The van der Waals surface area contributed by atoms with Crippen molar-refractivity contribution in [2.45, 2.75) is 39.5 Å². The van der Waals surface area contributed by atoms with Crippen molar-refractivity contribution in [3.8, 4) is 0 Å². The van der Waals surface area contributed by atoms with Gasteiger partial charge in [-0.05, 0) is 62.6 Å². The molecular weight excluding hydrogens is 256 g/mol. The lowest BCUT2D eigenvalue weighted by molar-refractivity contribution is -0.126. The fourth-order valence-corrected chi connectivity index (χ4v) is 4.33. The molecule has 0 bridgehead atoms. The second kappa shape index (κ2) is 6.59. The Labute approximate surface area is 121 Å². The fourth-order valence-electron chi connectivity index (χ4n) is 2.97. The molecule has 0 aromatic rings. The van der Waals surface area contributed by atoms with Gasteiger partial charge >= 0.3 is 0 Å². The van der Waals surface area contributed by atoms with Crippen LogP contribution in [-0.4, -0.2) is 43.5 Å². The third kappa shape index (κ3) is 3.96. The number of Topliss-reactive ketones (excluding diaryl/α,β-unsaturated/α-hetero) is 1. The lowest BCUT2D eigenvalue weighted by Crippen LogP contribution is -2.54. The summed E-state index contributed by atoms with van der Waals surface area (Å²) in [7, 11) is 0. The van der Waals surface area contributed by atoms with Crippen LogP contribution in [0, 0.1) is 10.8 Å². The predicted molar refractivity (Wildman–Crippen MR) is 82.8 cm³/mol. The number of carbonyl (C=O) groups excluding carboxylic acids is 1. The molecule has 3 heterocycles. The molecule has 3 aliphatic heterocycles. The number of carbonyl (C=O) groups is 1. The van der Waals surface area contributed by atoms with Gasteiger partial charge in [0.1, 0.15) is 5.78 Å². The first kappa shape index (κ1) is 15.3. The molecular formula is C15H28N2OS. The topological polar surface area (TPSA) is 41.1 Å². The Morgan fingerprint density at radius 2 is 1.58 bits per heavy atom. The quantitative estimate of drug-likeness (QED) is 0.773. The SMILES string of the molecule is C1CC2(CCS1)CNC2.CC(=O)C1(C)CCNCC1. The molecule has 0 amide bonds. The summed E-state index contributed by atoms with van der Waals surface area (Å²) in [5.41, 5.74) is 0.747. The summed E-state index contributed by atoms with van der Waals surface area (Å²) in [6, 6.07) is 0. The standard InChI is InChI=1S/C8H15NO.C7H13NS/c1-7(10)8(2)3-5-9-6-4-8;1-3-9-4-2-7(1)5-8-6-7/h9H,3-6H2,1-2H3;8H,1-6H2. The highest BCUT2D eigenvalue weighted by molar-refractivity contribution is 7.99. The summed E-state index contributed by atoms with van der Waals surface area (Å²) in [5.74, 6) is 3.15. The first-order valence-corrected chi connectivity index (χ1v) is 8.72. The van der Waals surface area contributed by atoms with Gasteiger partial charge in [0.05, 0.1) is 0 Å². The molecule has 0 saturated carbocycles. The van der Waals surface area contributed by atoms with E-state index < -0.39 is 0 Å². The van der Waals surface area contributed by atoms with E-state index in [9.17, 15) is 4.79 Å². The van der Waals surface area contributed by atoms with E-state index in [4.69, 9.17) is 0 Å². The van der Waals surface area contributed by atoms with Crippen LogP contribution in [-0.2, 0) is 4.79 Å². The minimum atomic E-state index is -0.0226. The molecule has 3 saturated heterocycles. The molecule has 0 aromatic heterocycles. The molecule has 3 aliphatic rings. The van der Waals surface area contributed by atoms with Gasteiger partial charge in [-0.15, -0.1) is 0 Å². The van der Waals surface area contributed by atoms with Crippen LogP contribution in [0.5, 0.6) is 0 Å². The predicted octanol–water partition coefficient (Wildman–Crippen LogP) is 2.07. The Morgan fingerprint density at radius 3 is 1.89 bits per heavy atom. The third-order valence-corrected chi connectivity index (χ3v) is 6.10. The van der Waals surface area contributed by atoms with Gasteiger partial charge in [-0.1, -0.05) is 6.92 Å². The number of hydrogen-bond acceptors (Lipinski definition) is 4. The highest BCUT2D eigenvalue weighted by Gasteiger charge is 2.37. The normalized spacial score (nSPS) is 27.9. The highest BCUT2D eigenvalue weighted by atomic mass is 32.2. The van der Waals surface area contributed by atoms with E-state index in [0.717, 1.165) is 31.3 Å². The third-order valence-electron chi connectivity index (χ3n) is 5.11. The van der Waals surface area contributed by atoms with E-state index in [2.05, 4.69) is 29.3 Å². The van der Waals surface area contributed by atoms with Crippen LogP contribution in [0.25, 0.3) is 0 Å². The van der Waals surface area contributed by atoms with Crippen molar-refractivity contribution in [3.63, 3.8) is 0 Å². The Balaban J connectivity index is 0.000000141. The monoisotopic (exact) mass is 284 g/mol. The molecule has 110 valence electrons. The zero-order valence-corrected chi connectivity index (χ0v) is 13.2.